The average Bonchev–Trinajstić information content (AvgIpc) is 3.20. The summed E-state index contributed by atoms with van der Waals surface area (Å²) in [5.41, 5.74) is -6.79. The number of nitrogens with zero attached hydrogens (tertiary/aromatic N) is 3. The van der Waals surface area contributed by atoms with Gasteiger partial charge in [-0.1, -0.05) is 37.6 Å². The first-order chi connectivity index (χ1) is 22.1. The van der Waals surface area contributed by atoms with Gasteiger partial charge in [-0.3, -0.25) is 14.5 Å². The van der Waals surface area contributed by atoms with E-state index in [-0.39, 0.29) is 31.2 Å². The van der Waals surface area contributed by atoms with Crippen LogP contribution in [0.15, 0.2) is 42.5 Å². The van der Waals surface area contributed by atoms with Gasteiger partial charge in [0.25, 0.3) is 11.5 Å². The second-order valence-corrected chi connectivity index (χ2v) is 12.8. The van der Waals surface area contributed by atoms with Crippen molar-refractivity contribution in [2.24, 2.45) is 0 Å². The van der Waals surface area contributed by atoms with Crippen LogP contribution in [0.25, 0.3) is 0 Å². The normalized spacial score (nSPS) is 22.4. The minimum absolute atomic E-state index is 0.0951. The quantitative estimate of drug-likeness (QED) is 0.262. The van der Waals surface area contributed by atoms with E-state index in [9.17, 15) is 45.8 Å². The third kappa shape index (κ3) is 6.65. The molecule has 264 valence electrons. The molecular formula is C33H40F6N4O5. The maximum Gasteiger partial charge on any atom is 0.430 e. The molecule has 2 heterocycles. The SMILES string of the molecule is CCCc1cc(C(O)(C(F)(F)F)C(F)(F)F)ccc1N1CC(C)N(C(=O)CN2C(=O)N[C@](C)(c3cccc(OC(C)C)c3)C2=O)CC1C. The van der Waals surface area contributed by atoms with Crippen LogP contribution in [0.3, 0.4) is 0 Å². The van der Waals surface area contributed by atoms with Crippen molar-refractivity contribution in [1.82, 2.24) is 15.1 Å². The Labute approximate surface area is 274 Å². The topological polar surface area (TPSA) is 102 Å². The number of carbonyl (C=O) groups is 3. The lowest BCUT2D eigenvalue weighted by Crippen LogP contribution is -2.60. The summed E-state index contributed by atoms with van der Waals surface area (Å²) < 4.78 is 87.3. The van der Waals surface area contributed by atoms with Crippen LogP contribution in [0.5, 0.6) is 5.75 Å². The molecule has 0 aliphatic carbocycles. The first-order valence-electron chi connectivity index (χ1n) is 15.6. The molecule has 2 fully saturated rings. The lowest BCUT2D eigenvalue weighted by Gasteiger charge is -2.46. The van der Waals surface area contributed by atoms with Gasteiger partial charge in [-0.15, -0.1) is 0 Å². The highest BCUT2D eigenvalue weighted by Crippen LogP contribution is 2.50. The van der Waals surface area contributed by atoms with Crippen molar-refractivity contribution >= 4 is 23.5 Å². The predicted molar refractivity (Wildman–Crippen MR) is 164 cm³/mol. The van der Waals surface area contributed by atoms with Crippen molar-refractivity contribution in [1.29, 1.82) is 0 Å². The Hall–Kier alpha value is -4.01. The number of hydrogen-bond acceptors (Lipinski definition) is 6. The highest BCUT2D eigenvalue weighted by molar-refractivity contribution is 6.09. The molecule has 0 bridgehead atoms. The molecule has 9 nitrogen and oxygen atoms in total. The summed E-state index contributed by atoms with van der Waals surface area (Å²) in [6, 6.07) is 7.55. The van der Waals surface area contributed by atoms with Crippen molar-refractivity contribution in [3.8, 4) is 5.75 Å². The van der Waals surface area contributed by atoms with Crippen LogP contribution in [0.1, 0.15) is 64.7 Å². The van der Waals surface area contributed by atoms with E-state index >= 15 is 0 Å². The lowest BCUT2D eigenvalue weighted by molar-refractivity contribution is -0.376. The monoisotopic (exact) mass is 686 g/mol. The molecule has 0 spiro atoms. The molecule has 0 saturated carbocycles. The van der Waals surface area contributed by atoms with E-state index in [0.29, 0.717) is 29.5 Å². The zero-order valence-electron chi connectivity index (χ0n) is 27.5. The van der Waals surface area contributed by atoms with Crippen LogP contribution in [-0.4, -0.2) is 82.9 Å². The Morgan fingerprint density at radius 2 is 1.67 bits per heavy atom. The number of nitrogens with one attached hydrogen (secondary N) is 1. The predicted octanol–water partition coefficient (Wildman–Crippen LogP) is 5.63. The fraction of sp³-hybridized carbons (Fsp3) is 0.545. The van der Waals surface area contributed by atoms with Crippen molar-refractivity contribution in [2.75, 3.05) is 24.5 Å². The van der Waals surface area contributed by atoms with E-state index in [2.05, 4.69) is 5.32 Å². The molecule has 2 aromatic carbocycles. The van der Waals surface area contributed by atoms with Crippen LogP contribution in [-0.2, 0) is 27.1 Å². The van der Waals surface area contributed by atoms with Gasteiger partial charge in [0.2, 0.25) is 5.91 Å². The highest BCUT2D eigenvalue weighted by Gasteiger charge is 2.71. The standard InChI is InChI=1S/C33H40F6N4O5/c1-7-9-22-14-24(31(47,32(34,35)36)33(37,38)39)12-13-26(22)41-16-21(5)42(17-20(41)4)27(44)18-43-28(45)30(6,40-29(43)46)23-10-8-11-25(15-23)48-19(2)3/h8,10-15,19-21,47H,7,9,16-18H2,1-6H3,(H,40,46)/t20?,21?,30-/m1/s1. The minimum atomic E-state index is -6.01. The van der Waals surface area contributed by atoms with Gasteiger partial charge in [0.05, 0.1) is 6.10 Å². The smallest absolute Gasteiger partial charge is 0.430 e. The molecule has 4 rings (SSSR count). The van der Waals surface area contributed by atoms with Crippen LogP contribution in [0.2, 0.25) is 0 Å². The Balaban J connectivity index is 1.53. The summed E-state index contributed by atoms with van der Waals surface area (Å²) in [7, 11) is 0. The van der Waals surface area contributed by atoms with Gasteiger partial charge in [-0.05, 0) is 70.4 Å². The Bertz CT molecular complexity index is 1530. The maximum atomic E-state index is 13.6. The zero-order valence-corrected chi connectivity index (χ0v) is 27.5. The summed E-state index contributed by atoms with van der Waals surface area (Å²) in [5, 5.41) is 12.6. The van der Waals surface area contributed by atoms with Gasteiger partial charge in [-0.2, -0.15) is 26.3 Å². The number of rotatable bonds is 9. The van der Waals surface area contributed by atoms with Crippen molar-refractivity contribution in [3.63, 3.8) is 0 Å². The van der Waals surface area contributed by atoms with Crippen LogP contribution < -0.4 is 15.0 Å². The van der Waals surface area contributed by atoms with E-state index in [1.54, 1.807) is 56.9 Å². The number of anilines is 1. The number of benzene rings is 2. The number of piperazine rings is 1. The van der Waals surface area contributed by atoms with Gasteiger partial charge in [0.15, 0.2) is 0 Å². The van der Waals surface area contributed by atoms with Crippen LogP contribution >= 0.6 is 0 Å². The van der Waals surface area contributed by atoms with E-state index in [1.165, 1.54) is 4.90 Å². The van der Waals surface area contributed by atoms with E-state index < -0.39 is 65.5 Å². The second kappa shape index (κ2) is 13.1. The highest BCUT2D eigenvalue weighted by atomic mass is 19.4. The zero-order chi connectivity index (χ0) is 36.0. The summed E-state index contributed by atoms with van der Waals surface area (Å²) in [6.07, 6.45) is -11.6. The number of hydrogen-bond donors (Lipinski definition) is 2. The third-order valence-electron chi connectivity index (χ3n) is 8.80. The number of ether oxygens (including phenoxy) is 1. The Kier molecular flexibility index (Phi) is 10.1. The molecule has 2 aliphatic rings. The summed E-state index contributed by atoms with van der Waals surface area (Å²) in [5.74, 6) is -0.624. The molecule has 0 aromatic heterocycles. The third-order valence-corrected chi connectivity index (χ3v) is 8.80. The Morgan fingerprint density at radius 1 is 1.02 bits per heavy atom. The van der Waals surface area contributed by atoms with Crippen molar-refractivity contribution in [3.05, 3.63) is 59.2 Å². The molecule has 2 N–H and O–H groups in total. The molecule has 4 amide bonds. The van der Waals surface area contributed by atoms with E-state index in [4.69, 9.17) is 4.74 Å². The molecule has 2 saturated heterocycles. The first kappa shape index (κ1) is 36.8. The maximum absolute atomic E-state index is 13.6. The molecule has 2 aromatic rings. The van der Waals surface area contributed by atoms with Gasteiger partial charge in [-0.25, -0.2) is 4.79 Å². The summed E-state index contributed by atoms with van der Waals surface area (Å²) >= 11 is 0. The van der Waals surface area contributed by atoms with Crippen LogP contribution in [0, 0.1) is 0 Å². The minimum Gasteiger partial charge on any atom is -0.491 e. The fourth-order valence-corrected chi connectivity index (χ4v) is 6.27. The molecule has 2 aliphatic heterocycles. The number of aliphatic hydroxyl groups is 1. The number of carbonyl (C=O) groups excluding carboxylic acids is 3. The average molecular weight is 687 g/mol. The fourth-order valence-electron chi connectivity index (χ4n) is 6.27. The van der Waals surface area contributed by atoms with Gasteiger partial charge in [0, 0.05) is 36.4 Å². The summed E-state index contributed by atoms with van der Waals surface area (Å²) in [4.78, 5) is 44.2. The van der Waals surface area contributed by atoms with E-state index in [0.717, 1.165) is 17.0 Å². The first-order valence-corrected chi connectivity index (χ1v) is 15.6. The molecule has 3 atom stereocenters. The number of imide groups is 1. The number of amides is 4. The number of halogens is 6. The summed E-state index contributed by atoms with van der Waals surface area (Å²) in [6.45, 7) is 10.1. The Morgan fingerprint density at radius 3 is 2.25 bits per heavy atom. The molecule has 15 heteroatoms. The number of aryl methyl sites for hydroxylation is 1. The molecule has 0 radical (unpaired) electrons. The van der Waals surface area contributed by atoms with E-state index in [1.807, 2.05) is 13.8 Å². The van der Waals surface area contributed by atoms with Gasteiger partial charge >= 0.3 is 18.4 Å². The lowest BCUT2D eigenvalue weighted by atomic mass is 9.89. The largest absolute Gasteiger partial charge is 0.491 e. The van der Waals surface area contributed by atoms with Crippen LogP contribution in [0.4, 0.5) is 36.8 Å². The molecule has 48 heavy (non-hydrogen) atoms. The van der Waals surface area contributed by atoms with Crippen molar-refractivity contribution < 1.29 is 50.6 Å². The number of urea groups is 1. The number of alkyl halides is 6. The molecular weight excluding hydrogens is 646 g/mol. The molecule has 2 unspecified atom stereocenters. The van der Waals surface area contributed by atoms with Gasteiger partial charge < -0.3 is 25.0 Å². The van der Waals surface area contributed by atoms with Crippen molar-refractivity contribution in [2.45, 2.75) is 96.1 Å². The second-order valence-electron chi connectivity index (χ2n) is 12.8. The van der Waals surface area contributed by atoms with Gasteiger partial charge in [0.1, 0.15) is 17.8 Å².